The molecule has 0 fully saturated rings. The van der Waals surface area contributed by atoms with Gasteiger partial charge in [-0.2, -0.15) is 0 Å². The lowest BCUT2D eigenvalue weighted by Gasteiger charge is -2.03. The minimum atomic E-state index is -0.546. The van der Waals surface area contributed by atoms with Gasteiger partial charge < -0.3 is 5.32 Å². The van der Waals surface area contributed by atoms with E-state index in [1.165, 1.54) is 11.3 Å². The summed E-state index contributed by atoms with van der Waals surface area (Å²) in [6.45, 7) is 0. The van der Waals surface area contributed by atoms with Gasteiger partial charge in [0.15, 0.2) is 5.13 Å². The van der Waals surface area contributed by atoms with E-state index in [-0.39, 0.29) is 0 Å². The Bertz CT molecular complexity index is 1040. The topological polar surface area (TPSA) is 91.5 Å². The van der Waals surface area contributed by atoms with E-state index in [9.17, 15) is 4.79 Å². The average molecular weight is 351 g/mol. The molecule has 0 saturated heterocycles. The molecule has 3 aromatic heterocycles. The minimum absolute atomic E-state index is 0.374. The van der Waals surface area contributed by atoms with E-state index in [1.54, 1.807) is 35.9 Å². The highest BCUT2D eigenvalue weighted by Crippen LogP contribution is 2.31. The SMILES string of the molecule is O=C(NO)c1ccc(Nc2ncc(-c3cnc4ccccn34)s2)cc1. The number of pyridine rings is 1. The molecule has 1 aromatic carbocycles. The molecule has 4 aromatic rings. The second-order valence-corrected chi connectivity index (χ2v) is 6.28. The molecule has 0 unspecified atom stereocenters. The van der Waals surface area contributed by atoms with Gasteiger partial charge in [0.2, 0.25) is 0 Å². The molecule has 0 saturated carbocycles. The summed E-state index contributed by atoms with van der Waals surface area (Å²) in [5.74, 6) is -0.546. The fourth-order valence-electron chi connectivity index (χ4n) is 2.46. The summed E-state index contributed by atoms with van der Waals surface area (Å²) >= 11 is 1.51. The number of nitrogens with zero attached hydrogens (tertiary/aromatic N) is 3. The lowest BCUT2D eigenvalue weighted by atomic mass is 10.2. The van der Waals surface area contributed by atoms with E-state index in [1.807, 2.05) is 35.0 Å². The van der Waals surface area contributed by atoms with Gasteiger partial charge in [-0.1, -0.05) is 17.4 Å². The van der Waals surface area contributed by atoms with E-state index in [0.717, 1.165) is 27.0 Å². The van der Waals surface area contributed by atoms with E-state index in [4.69, 9.17) is 5.21 Å². The molecule has 7 nitrogen and oxygen atoms in total. The number of amides is 1. The number of imidazole rings is 1. The number of benzene rings is 1. The summed E-state index contributed by atoms with van der Waals surface area (Å²) in [6, 6.07) is 12.6. The van der Waals surface area contributed by atoms with Gasteiger partial charge in [-0.25, -0.2) is 15.4 Å². The fourth-order valence-corrected chi connectivity index (χ4v) is 3.30. The van der Waals surface area contributed by atoms with Gasteiger partial charge in [0.1, 0.15) is 5.65 Å². The molecule has 3 N–H and O–H groups in total. The molecular formula is C17H13N5O2S. The van der Waals surface area contributed by atoms with Crippen molar-refractivity contribution in [3.05, 3.63) is 66.6 Å². The second kappa shape index (κ2) is 6.34. The molecule has 0 spiro atoms. The van der Waals surface area contributed by atoms with Gasteiger partial charge in [0.25, 0.3) is 5.91 Å². The van der Waals surface area contributed by atoms with Crippen molar-refractivity contribution in [1.82, 2.24) is 19.8 Å². The van der Waals surface area contributed by atoms with Crippen molar-refractivity contribution < 1.29 is 10.0 Å². The molecule has 0 aliphatic heterocycles. The van der Waals surface area contributed by atoms with Crippen LogP contribution in [0.25, 0.3) is 16.2 Å². The zero-order valence-corrected chi connectivity index (χ0v) is 13.7. The van der Waals surface area contributed by atoms with Crippen molar-refractivity contribution in [2.45, 2.75) is 0 Å². The first-order valence-electron chi connectivity index (χ1n) is 7.44. The number of carbonyl (C=O) groups excluding carboxylic acids is 1. The lowest BCUT2D eigenvalue weighted by molar-refractivity contribution is 0.0706. The van der Waals surface area contributed by atoms with E-state index < -0.39 is 5.91 Å². The Balaban J connectivity index is 1.56. The molecule has 0 atom stereocenters. The van der Waals surface area contributed by atoms with Crippen LogP contribution in [0.3, 0.4) is 0 Å². The summed E-state index contributed by atoms with van der Waals surface area (Å²) < 4.78 is 2.01. The minimum Gasteiger partial charge on any atom is -0.332 e. The predicted octanol–water partition coefficient (Wildman–Crippen LogP) is 3.32. The molecule has 0 aliphatic rings. The normalized spacial score (nSPS) is 10.8. The molecule has 3 heterocycles. The highest BCUT2D eigenvalue weighted by atomic mass is 32.1. The third kappa shape index (κ3) is 2.95. The Labute approximate surface area is 146 Å². The second-order valence-electron chi connectivity index (χ2n) is 5.25. The molecule has 124 valence electrons. The third-order valence-corrected chi connectivity index (χ3v) is 4.61. The summed E-state index contributed by atoms with van der Waals surface area (Å²) in [6.07, 6.45) is 5.60. The van der Waals surface area contributed by atoms with Gasteiger partial charge in [0, 0.05) is 23.6 Å². The van der Waals surface area contributed by atoms with Crippen LogP contribution >= 0.6 is 11.3 Å². The van der Waals surface area contributed by atoms with Crippen LogP contribution in [-0.4, -0.2) is 25.5 Å². The standard InChI is InChI=1S/C17H13N5O2S/c23-16(21-24)11-4-6-12(7-5-11)20-17-19-10-14(25-17)13-9-18-15-3-1-2-8-22(13)15/h1-10,24H,(H,19,20)(H,21,23). The molecule has 4 rings (SSSR count). The summed E-state index contributed by atoms with van der Waals surface area (Å²) in [5, 5.41) is 12.6. The molecule has 1 amide bonds. The number of hydroxylamine groups is 1. The molecule has 0 bridgehead atoms. The first-order valence-corrected chi connectivity index (χ1v) is 8.26. The van der Waals surface area contributed by atoms with Crippen LogP contribution in [0.15, 0.2) is 61.1 Å². The maximum Gasteiger partial charge on any atom is 0.274 e. The predicted molar refractivity (Wildman–Crippen MR) is 95.3 cm³/mol. The van der Waals surface area contributed by atoms with Gasteiger partial charge in [-0.15, -0.1) is 0 Å². The van der Waals surface area contributed by atoms with Gasteiger partial charge in [-0.3, -0.25) is 14.4 Å². The Morgan fingerprint density at radius 1 is 1.08 bits per heavy atom. The number of carbonyl (C=O) groups is 1. The van der Waals surface area contributed by atoms with E-state index in [0.29, 0.717) is 5.56 Å². The number of fused-ring (bicyclic) bond motifs is 1. The third-order valence-electron chi connectivity index (χ3n) is 3.68. The number of hydrogen-bond acceptors (Lipinski definition) is 6. The fraction of sp³-hybridized carbons (Fsp3) is 0. The van der Waals surface area contributed by atoms with Crippen LogP contribution in [0.1, 0.15) is 10.4 Å². The summed E-state index contributed by atoms with van der Waals surface area (Å²) in [7, 11) is 0. The smallest absolute Gasteiger partial charge is 0.274 e. The maximum absolute atomic E-state index is 11.3. The van der Waals surface area contributed by atoms with E-state index in [2.05, 4.69) is 15.3 Å². The molecule has 0 radical (unpaired) electrons. The Kier molecular flexibility index (Phi) is 3.88. The summed E-state index contributed by atoms with van der Waals surface area (Å²) in [4.78, 5) is 21.1. The van der Waals surface area contributed by atoms with Crippen molar-refractivity contribution >= 4 is 33.7 Å². The largest absolute Gasteiger partial charge is 0.332 e. The molecular weight excluding hydrogens is 338 g/mol. The van der Waals surface area contributed by atoms with E-state index >= 15 is 0 Å². The number of aromatic nitrogens is 3. The Hall–Kier alpha value is -3.23. The van der Waals surface area contributed by atoms with Crippen molar-refractivity contribution in [2.75, 3.05) is 5.32 Å². The highest BCUT2D eigenvalue weighted by Gasteiger charge is 2.10. The van der Waals surface area contributed by atoms with Gasteiger partial charge >= 0.3 is 0 Å². The van der Waals surface area contributed by atoms with Crippen molar-refractivity contribution in [3.8, 4) is 10.6 Å². The van der Waals surface area contributed by atoms with Crippen molar-refractivity contribution in [3.63, 3.8) is 0 Å². The van der Waals surface area contributed by atoms with Crippen LogP contribution in [0.4, 0.5) is 10.8 Å². The lowest BCUT2D eigenvalue weighted by Crippen LogP contribution is -2.18. The van der Waals surface area contributed by atoms with Crippen LogP contribution in [0.5, 0.6) is 0 Å². The van der Waals surface area contributed by atoms with Crippen LogP contribution in [0, 0.1) is 0 Å². The number of hydrogen-bond donors (Lipinski definition) is 3. The Morgan fingerprint density at radius 2 is 1.92 bits per heavy atom. The molecule has 8 heteroatoms. The average Bonchev–Trinajstić information content (AvgIpc) is 3.28. The Morgan fingerprint density at radius 3 is 2.72 bits per heavy atom. The number of anilines is 2. The first kappa shape index (κ1) is 15.3. The van der Waals surface area contributed by atoms with Crippen LogP contribution < -0.4 is 10.8 Å². The highest BCUT2D eigenvalue weighted by molar-refractivity contribution is 7.18. The van der Waals surface area contributed by atoms with Crippen LogP contribution in [0.2, 0.25) is 0 Å². The molecule has 25 heavy (non-hydrogen) atoms. The number of rotatable bonds is 4. The number of nitrogens with one attached hydrogen (secondary N) is 2. The number of thiazole rings is 1. The zero-order chi connectivity index (χ0) is 17.2. The molecule has 0 aliphatic carbocycles. The maximum atomic E-state index is 11.3. The first-order chi connectivity index (χ1) is 12.2. The van der Waals surface area contributed by atoms with Gasteiger partial charge in [-0.05, 0) is 36.4 Å². The van der Waals surface area contributed by atoms with Crippen molar-refractivity contribution in [2.24, 2.45) is 0 Å². The summed E-state index contributed by atoms with van der Waals surface area (Å²) in [5.41, 5.74) is 4.65. The zero-order valence-electron chi connectivity index (χ0n) is 12.9. The van der Waals surface area contributed by atoms with Gasteiger partial charge in [0.05, 0.1) is 16.8 Å². The van der Waals surface area contributed by atoms with Crippen molar-refractivity contribution in [1.29, 1.82) is 0 Å². The quantitative estimate of drug-likeness (QED) is 0.387. The monoisotopic (exact) mass is 351 g/mol. The van der Waals surface area contributed by atoms with Crippen LogP contribution in [-0.2, 0) is 0 Å².